The second-order valence-electron chi connectivity index (χ2n) is 4.32. The zero-order valence-electron chi connectivity index (χ0n) is 10.1. The first kappa shape index (κ1) is 14.3. The van der Waals surface area contributed by atoms with Crippen LogP contribution in [0.25, 0.3) is 0 Å². The van der Waals surface area contributed by atoms with Crippen LogP contribution in [-0.4, -0.2) is 19.3 Å². The summed E-state index contributed by atoms with van der Waals surface area (Å²) in [4.78, 5) is 1.18. The monoisotopic (exact) mass is 288 g/mol. The van der Waals surface area contributed by atoms with Crippen LogP contribution < -0.4 is 4.90 Å². The van der Waals surface area contributed by atoms with E-state index in [9.17, 15) is 22.0 Å². The van der Waals surface area contributed by atoms with E-state index in [1.165, 1.54) is 4.90 Å². The van der Waals surface area contributed by atoms with Gasteiger partial charge in [-0.25, -0.2) is 8.78 Å². The van der Waals surface area contributed by atoms with Gasteiger partial charge in [0.1, 0.15) is 5.69 Å². The number of nitriles is 1. The van der Waals surface area contributed by atoms with Crippen LogP contribution in [0.5, 0.6) is 0 Å². The number of alkyl halides is 3. The van der Waals surface area contributed by atoms with E-state index in [2.05, 4.69) is 0 Å². The number of benzene rings is 1. The molecule has 1 aliphatic rings. The Balaban J connectivity index is 2.28. The molecule has 1 heterocycles. The molecule has 2 rings (SSSR count). The Morgan fingerprint density at radius 2 is 1.75 bits per heavy atom. The van der Waals surface area contributed by atoms with Crippen molar-refractivity contribution < 1.29 is 22.0 Å². The third kappa shape index (κ3) is 2.74. The smallest absolute Gasteiger partial charge is 0.363 e. The molecule has 0 atom stereocenters. The van der Waals surface area contributed by atoms with Crippen LogP contribution in [0.3, 0.4) is 0 Å². The molecule has 0 aromatic heterocycles. The van der Waals surface area contributed by atoms with Crippen molar-refractivity contribution in [3.8, 4) is 6.07 Å². The van der Waals surface area contributed by atoms with Gasteiger partial charge in [-0.2, -0.15) is 18.4 Å². The van der Waals surface area contributed by atoms with E-state index in [0.717, 1.165) is 18.2 Å². The Morgan fingerprint density at radius 1 is 1.15 bits per heavy atom. The van der Waals surface area contributed by atoms with Crippen LogP contribution in [-0.2, 0) is 0 Å². The van der Waals surface area contributed by atoms with Gasteiger partial charge in [-0.1, -0.05) is 6.08 Å². The molecule has 20 heavy (non-hydrogen) atoms. The van der Waals surface area contributed by atoms with Crippen molar-refractivity contribution in [2.24, 2.45) is 0 Å². The lowest BCUT2D eigenvalue weighted by Crippen LogP contribution is -2.33. The summed E-state index contributed by atoms with van der Waals surface area (Å²) in [6.45, 7) is -0.361. The quantitative estimate of drug-likeness (QED) is 0.584. The van der Waals surface area contributed by atoms with Gasteiger partial charge in [0.2, 0.25) is 0 Å². The van der Waals surface area contributed by atoms with Gasteiger partial charge in [0, 0.05) is 18.7 Å². The van der Waals surface area contributed by atoms with Gasteiger partial charge in [0.15, 0.2) is 11.6 Å². The number of nitrogens with zero attached hydrogens (tertiary/aromatic N) is 2. The third-order valence-electron chi connectivity index (χ3n) is 3.04. The predicted molar refractivity (Wildman–Crippen MR) is 62.0 cm³/mol. The lowest BCUT2D eigenvalue weighted by Gasteiger charge is -2.29. The second kappa shape index (κ2) is 5.12. The van der Waals surface area contributed by atoms with Gasteiger partial charge in [0.25, 0.3) is 0 Å². The maximum atomic E-state index is 13.7. The molecule has 106 valence electrons. The number of halogens is 5. The summed E-state index contributed by atoms with van der Waals surface area (Å²) in [5, 5.41) is 8.58. The van der Waals surface area contributed by atoms with Crippen LogP contribution >= 0.6 is 0 Å². The standard InChI is InChI=1S/C13H9F5N2/c14-10-5-8(7-19)6-11(15)12(10)20-3-1-9(2-4-20)13(16,17)18/h1,5-6H,2-4H2. The number of anilines is 1. The van der Waals surface area contributed by atoms with Crippen molar-refractivity contribution in [2.75, 3.05) is 18.0 Å². The molecule has 0 saturated carbocycles. The van der Waals surface area contributed by atoms with Gasteiger partial charge < -0.3 is 4.90 Å². The van der Waals surface area contributed by atoms with Crippen LogP contribution in [0.4, 0.5) is 27.6 Å². The van der Waals surface area contributed by atoms with E-state index in [0.29, 0.717) is 0 Å². The highest BCUT2D eigenvalue weighted by molar-refractivity contribution is 5.54. The maximum absolute atomic E-state index is 13.7. The molecule has 0 unspecified atom stereocenters. The van der Waals surface area contributed by atoms with E-state index in [4.69, 9.17) is 5.26 Å². The summed E-state index contributed by atoms with van der Waals surface area (Å²) < 4.78 is 64.8. The molecule has 0 fully saturated rings. The van der Waals surface area contributed by atoms with E-state index in [-0.39, 0.29) is 25.1 Å². The van der Waals surface area contributed by atoms with Crippen molar-refractivity contribution in [3.05, 3.63) is 41.0 Å². The molecule has 0 saturated heterocycles. The van der Waals surface area contributed by atoms with Crippen molar-refractivity contribution in [1.29, 1.82) is 5.26 Å². The molecule has 7 heteroatoms. The molecule has 0 bridgehead atoms. The van der Waals surface area contributed by atoms with Gasteiger partial charge in [-0.3, -0.25) is 0 Å². The Morgan fingerprint density at radius 3 is 2.15 bits per heavy atom. The normalized spacial score (nSPS) is 15.8. The Kier molecular flexibility index (Phi) is 3.66. The molecule has 0 N–H and O–H groups in total. The van der Waals surface area contributed by atoms with E-state index in [1.807, 2.05) is 0 Å². The second-order valence-corrected chi connectivity index (χ2v) is 4.32. The fourth-order valence-corrected chi connectivity index (χ4v) is 2.06. The van der Waals surface area contributed by atoms with E-state index in [1.54, 1.807) is 6.07 Å². The molecule has 0 radical (unpaired) electrons. The summed E-state index contributed by atoms with van der Waals surface area (Å²) >= 11 is 0. The van der Waals surface area contributed by atoms with E-state index >= 15 is 0 Å². The zero-order valence-corrected chi connectivity index (χ0v) is 10.1. The van der Waals surface area contributed by atoms with Crippen LogP contribution in [0.2, 0.25) is 0 Å². The highest BCUT2D eigenvalue weighted by Gasteiger charge is 2.35. The zero-order chi connectivity index (χ0) is 14.9. The summed E-state index contributed by atoms with van der Waals surface area (Å²) in [5.41, 5.74) is -1.27. The molecular formula is C13H9F5N2. The molecule has 0 spiro atoms. The third-order valence-corrected chi connectivity index (χ3v) is 3.04. The maximum Gasteiger partial charge on any atom is 0.412 e. The summed E-state index contributed by atoms with van der Waals surface area (Å²) in [7, 11) is 0. The Labute approximate surface area is 111 Å². The SMILES string of the molecule is N#Cc1cc(F)c(N2CC=C(C(F)(F)F)CC2)c(F)c1. The Bertz CT molecular complexity index is 575. The number of hydrogen-bond donors (Lipinski definition) is 0. The van der Waals surface area contributed by atoms with Crippen molar-refractivity contribution in [2.45, 2.75) is 12.6 Å². The van der Waals surface area contributed by atoms with Crippen molar-refractivity contribution >= 4 is 5.69 Å². The number of rotatable bonds is 1. The fraction of sp³-hybridized carbons (Fsp3) is 0.308. The Hall–Kier alpha value is -2.10. The first-order chi connectivity index (χ1) is 9.32. The van der Waals surface area contributed by atoms with Gasteiger partial charge in [-0.15, -0.1) is 0 Å². The molecular weight excluding hydrogens is 279 g/mol. The predicted octanol–water partition coefficient (Wildman–Crippen LogP) is 3.54. The highest BCUT2D eigenvalue weighted by atomic mass is 19.4. The minimum atomic E-state index is -4.41. The first-order valence-electron chi connectivity index (χ1n) is 5.73. The minimum Gasteiger partial charge on any atom is -0.363 e. The van der Waals surface area contributed by atoms with Gasteiger partial charge in [-0.05, 0) is 18.6 Å². The summed E-state index contributed by atoms with van der Waals surface area (Å²) in [6, 6.07) is 3.33. The van der Waals surface area contributed by atoms with Crippen molar-refractivity contribution in [1.82, 2.24) is 0 Å². The first-order valence-corrected chi connectivity index (χ1v) is 5.73. The summed E-state index contributed by atoms with van der Waals surface area (Å²) in [5.74, 6) is -1.91. The molecule has 2 nitrogen and oxygen atoms in total. The fourth-order valence-electron chi connectivity index (χ4n) is 2.06. The molecule has 1 aromatic rings. The summed E-state index contributed by atoms with van der Waals surface area (Å²) in [6.07, 6.45) is -3.82. The topological polar surface area (TPSA) is 27.0 Å². The number of hydrogen-bond acceptors (Lipinski definition) is 2. The molecule has 0 aliphatic carbocycles. The average Bonchev–Trinajstić information content (AvgIpc) is 2.37. The lowest BCUT2D eigenvalue weighted by atomic mass is 10.1. The average molecular weight is 288 g/mol. The van der Waals surface area contributed by atoms with Gasteiger partial charge in [0.05, 0.1) is 11.6 Å². The molecule has 1 aromatic carbocycles. The largest absolute Gasteiger partial charge is 0.412 e. The molecule has 1 aliphatic heterocycles. The lowest BCUT2D eigenvalue weighted by molar-refractivity contribution is -0.0944. The van der Waals surface area contributed by atoms with Crippen LogP contribution in [0.1, 0.15) is 12.0 Å². The highest BCUT2D eigenvalue weighted by Crippen LogP contribution is 2.33. The minimum absolute atomic E-state index is 0.134. The molecule has 0 amide bonds. The van der Waals surface area contributed by atoms with E-state index < -0.39 is 29.1 Å². The van der Waals surface area contributed by atoms with Gasteiger partial charge >= 0.3 is 6.18 Å². The van der Waals surface area contributed by atoms with Crippen LogP contribution in [0.15, 0.2) is 23.8 Å². The van der Waals surface area contributed by atoms with Crippen LogP contribution in [0, 0.1) is 23.0 Å². The van der Waals surface area contributed by atoms with Crippen molar-refractivity contribution in [3.63, 3.8) is 0 Å².